The summed E-state index contributed by atoms with van der Waals surface area (Å²) in [6.07, 6.45) is 0.253. The molecule has 0 aliphatic carbocycles. The van der Waals surface area contributed by atoms with Crippen LogP contribution in [-0.4, -0.2) is 32.2 Å². The number of esters is 1. The summed E-state index contributed by atoms with van der Waals surface area (Å²) in [7, 11) is 1.37. The molecule has 0 radical (unpaired) electrons. The van der Waals surface area contributed by atoms with E-state index >= 15 is 0 Å². The number of rotatable bonds is 3. The van der Waals surface area contributed by atoms with Crippen LogP contribution < -0.4 is 10.2 Å². The molecule has 0 saturated carbocycles. The lowest BCUT2D eigenvalue weighted by atomic mass is 10.1. The zero-order valence-corrected chi connectivity index (χ0v) is 9.60. The topological polar surface area (TPSA) is 58.6 Å². The highest BCUT2D eigenvalue weighted by atomic mass is 16.5. The van der Waals surface area contributed by atoms with Crippen LogP contribution in [0.4, 0.5) is 10.5 Å². The van der Waals surface area contributed by atoms with Gasteiger partial charge in [-0.15, -0.1) is 0 Å². The molecule has 1 aromatic rings. The monoisotopic (exact) mass is 234 g/mol. The minimum Gasteiger partial charge on any atom is -0.469 e. The van der Waals surface area contributed by atoms with Gasteiger partial charge < -0.3 is 10.1 Å². The second-order valence-electron chi connectivity index (χ2n) is 3.80. The van der Waals surface area contributed by atoms with Crippen molar-refractivity contribution in [3.8, 4) is 0 Å². The van der Waals surface area contributed by atoms with Crippen molar-refractivity contribution in [3.05, 3.63) is 29.8 Å². The molecule has 1 saturated heterocycles. The van der Waals surface area contributed by atoms with Crippen molar-refractivity contribution in [2.75, 3.05) is 25.1 Å². The Morgan fingerprint density at radius 1 is 1.41 bits per heavy atom. The van der Waals surface area contributed by atoms with E-state index < -0.39 is 0 Å². The minimum absolute atomic E-state index is 0.0780. The molecule has 17 heavy (non-hydrogen) atoms. The maximum Gasteiger partial charge on any atom is 0.321 e. The molecule has 90 valence electrons. The molecule has 0 unspecified atom stereocenters. The Labute approximate surface area is 99.4 Å². The van der Waals surface area contributed by atoms with Crippen LogP contribution in [0.5, 0.6) is 0 Å². The van der Waals surface area contributed by atoms with E-state index in [1.807, 2.05) is 24.3 Å². The summed E-state index contributed by atoms with van der Waals surface area (Å²) < 4.78 is 4.59. The second kappa shape index (κ2) is 4.86. The first-order valence-electron chi connectivity index (χ1n) is 5.42. The van der Waals surface area contributed by atoms with Crippen LogP contribution in [0.1, 0.15) is 5.56 Å². The number of hydrogen-bond acceptors (Lipinski definition) is 3. The molecule has 0 bridgehead atoms. The molecule has 5 heteroatoms. The van der Waals surface area contributed by atoms with Crippen LogP contribution in [-0.2, 0) is 16.0 Å². The standard InChI is InChI=1S/C12H14N2O3/c1-17-11(15)8-9-2-4-10(5-3-9)14-7-6-13-12(14)16/h2-5H,6-8H2,1H3,(H,13,16). The van der Waals surface area contributed by atoms with E-state index in [2.05, 4.69) is 10.1 Å². The molecule has 5 nitrogen and oxygen atoms in total. The third-order valence-electron chi connectivity index (χ3n) is 2.68. The molecule has 1 aromatic carbocycles. The summed E-state index contributed by atoms with van der Waals surface area (Å²) in [6, 6.07) is 7.26. The second-order valence-corrected chi connectivity index (χ2v) is 3.80. The number of anilines is 1. The van der Waals surface area contributed by atoms with Gasteiger partial charge in [0.1, 0.15) is 0 Å². The number of methoxy groups -OCH3 is 1. The summed E-state index contributed by atoms with van der Waals surface area (Å²) in [5, 5.41) is 2.74. The van der Waals surface area contributed by atoms with Crippen LogP contribution in [0.3, 0.4) is 0 Å². The molecule has 2 amide bonds. The quantitative estimate of drug-likeness (QED) is 0.791. The van der Waals surface area contributed by atoms with Gasteiger partial charge in [-0.3, -0.25) is 9.69 Å². The van der Waals surface area contributed by atoms with Crippen molar-refractivity contribution in [2.45, 2.75) is 6.42 Å². The predicted octanol–water partition coefficient (Wildman–Crippen LogP) is 0.932. The third kappa shape index (κ3) is 2.55. The van der Waals surface area contributed by atoms with Crippen LogP contribution >= 0.6 is 0 Å². The zero-order valence-electron chi connectivity index (χ0n) is 9.60. The van der Waals surface area contributed by atoms with E-state index in [0.717, 1.165) is 11.3 Å². The van der Waals surface area contributed by atoms with E-state index in [1.54, 1.807) is 4.90 Å². The number of nitrogens with one attached hydrogen (secondary N) is 1. The molecule has 1 fully saturated rings. The number of nitrogens with zero attached hydrogens (tertiary/aromatic N) is 1. The number of carbonyl (C=O) groups is 2. The van der Waals surface area contributed by atoms with Gasteiger partial charge in [0.25, 0.3) is 0 Å². The summed E-state index contributed by atoms with van der Waals surface area (Å²) in [5.41, 5.74) is 1.72. The largest absolute Gasteiger partial charge is 0.469 e. The van der Waals surface area contributed by atoms with Crippen molar-refractivity contribution in [1.29, 1.82) is 0 Å². The van der Waals surface area contributed by atoms with Crippen molar-refractivity contribution in [2.24, 2.45) is 0 Å². The fourth-order valence-electron chi connectivity index (χ4n) is 1.75. The fraction of sp³-hybridized carbons (Fsp3) is 0.333. The van der Waals surface area contributed by atoms with Gasteiger partial charge >= 0.3 is 12.0 Å². The Hall–Kier alpha value is -2.04. The summed E-state index contributed by atoms with van der Waals surface area (Å²) >= 11 is 0. The summed E-state index contributed by atoms with van der Waals surface area (Å²) in [4.78, 5) is 24.2. The zero-order chi connectivity index (χ0) is 12.3. The molecule has 1 aliphatic rings. The Bertz CT molecular complexity index is 428. The molecule has 1 N–H and O–H groups in total. The van der Waals surface area contributed by atoms with E-state index in [1.165, 1.54) is 7.11 Å². The smallest absolute Gasteiger partial charge is 0.321 e. The van der Waals surface area contributed by atoms with E-state index in [0.29, 0.717) is 13.1 Å². The Morgan fingerprint density at radius 3 is 2.65 bits per heavy atom. The van der Waals surface area contributed by atoms with Crippen LogP contribution in [0.25, 0.3) is 0 Å². The molecule has 0 aromatic heterocycles. The van der Waals surface area contributed by atoms with Crippen molar-refractivity contribution < 1.29 is 14.3 Å². The lowest BCUT2D eigenvalue weighted by Crippen LogP contribution is -2.27. The number of urea groups is 1. The SMILES string of the molecule is COC(=O)Cc1ccc(N2CCNC2=O)cc1. The van der Waals surface area contributed by atoms with Gasteiger partial charge in [-0.25, -0.2) is 4.79 Å². The van der Waals surface area contributed by atoms with Crippen molar-refractivity contribution in [3.63, 3.8) is 0 Å². The highest BCUT2D eigenvalue weighted by Gasteiger charge is 2.20. The Balaban J connectivity index is 2.07. The average molecular weight is 234 g/mol. The number of ether oxygens (including phenoxy) is 1. The lowest BCUT2D eigenvalue weighted by Gasteiger charge is -2.14. The third-order valence-corrected chi connectivity index (χ3v) is 2.68. The Morgan fingerprint density at radius 2 is 2.12 bits per heavy atom. The molecule has 1 aliphatic heterocycles. The number of amides is 2. The highest BCUT2D eigenvalue weighted by molar-refractivity contribution is 5.94. The van der Waals surface area contributed by atoms with E-state index in [9.17, 15) is 9.59 Å². The maximum atomic E-state index is 11.4. The summed E-state index contributed by atoms with van der Waals surface area (Å²) in [6.45, 7) is 1.35. The molecule has 0 spiro atoms. The normalized spacial score (nSPS) is 14.6. The van der Waals surface area contributed by atoms with Gasteiger partial charge in [-0.1, -0.05) is 12.1 Å². The molecular formula is C12H14N2O3. The maximum absolute atomic E-state index is 11.4. The van der Waals surface area contributed by atoms with E-state index in [-0.39, 0.29) is 18.4 Å². The van der Waals surface area contributed by atoms with Crippen LogP contribution in [0.2, 0.25) is 0 Å². The first-order valence-corrected chi connectivity index (χ1v) is 5.42. The van der Waals surface area contributed by atoms with Gasteiger partial charge in [-0.05, 0) is 17.7 Å². The highest BCUT2D eigenvalue weighted by Crippen LogP contribution is 2.17. The van der Waals surface area contributed by atoms with Crippen molar-refractivity contribution in [1.82, 2.24) is 5.32 Å². The average Bonchev–Trinajstić information content (AvgIpc) is 2.76. The first-order chi connectivity index (χ1) is 8.20. The Kier molecular flexibility index (Phi) is 3.27. The first kappa shape index (κ1) is 11.4. The molecule has 2 rings (SSSR count). The predicted molar refractivity (Wildman–Crippen MR) is 62.9 cm³/mol. The van der Waals surface area contributed by atoms with Gasteiger partial charge in [0.05, 0.1) is 13.5 Å². The molecular weight excluding hydrogens is 220 g/mol. The number of hydrogen-bond donors (Lipinski definition) is 1. The van der Waals surface area contributed by atoms with Gasteiger partial charge in [-0.2, -0.15) is 0 Å². The number of carbonyl (C=O) groups excluding carboxylic acids is 2. The fourth-order valence-corrected chi connectivity index (χ4v) is 1.75. The minimum atomic E-state index is -0.267. The van der Waals surface area contributed by atoms with Gasteiger partial charge in [0.2, 0.25) is 0 Å². The van der Waals surface area contributed by atoms with Gasteiger partial charge in [0, 0.05) is 18.8 Å². The van der Waals surface area contributed by atoms with Gasteiger partial charge in [0.15, 0.2) is 0 Å². The van der Waals surface area contributed by atoms with E-state index in [4.69, 9.17) is 0 Å². The van der Waals surface area contributed by atoms with Crippen LogP contribution in [0, 0.1) is 0 Å². The molecule has 0 atom stereocenters. The van der Waals surface area contributed by atoms with Crippen molar-refractivity contribution >= 4 is 17.7 Å². The summed E-state index contributed by atoms with van der Waals surface area (Å²) in [5.74, 6) is -0.267. The lowest BCUT2D eigenvalue weighted by molar-refractivity contribution is -0.139. The molecule has 1 heterocycles. The van der Waals surface area contributed by atoms with Crippen LogP contribution in [0.15, 0.2) is 24.3 Å². The number of benzene rings is 1.